The quantitative estimate of drug-likeness (QED) is 0.438. The van der Waals surface area contributed by atoms with Crippen LogP contribution in [0.2, 0.25) is 0 Å². The van der Waals surface area contributed by atoms with Crippen molar-refractivity contribution in [3.8, 4) is 0 Å². The fraction of sp³-hybridized carbons (Fsp3) is 0.222. The van der Waals surface area contributed by atoms with Crippen LogP contribution in [0.4, 0.5) is 5.00 Å². The van der Waals surface area contributed by atoms with Gasteiger partial charge in [0.1, 0.15) is 0 Å². The van der Waals surface area contributed by atoms with E-state index in [1.165, 1.54) is 13.0 Å². The minimum Gasteiger partial charge on any atom is -0.295 e. The summed E-state index contributed by atoms with van der Waals surface area (Å²) < 4.78 is 0. The van der Waals surface area contributed by atoms with E-state index in [1.807, 2.05) is 0 Å². The lowest BCUT2D eigenvalue weighted by Gasteiger charge is -1.90. The van der Waals surface area contributed by atoms with Crippen LogP contribution in [-0.4, -0.2) is 10.7 Å². The molecule has 14 heavy (non-hydrogen) atoms. The number of thiophene rings is 1. The summed E-state index contributed by atoms with van der Waals surface area (Å²) in [5.41, 5.74) is 0.599. The highest BCUT2D eigenvalue weighted by Crippen LogP contribution is 2.25. The first-order chi connectivity index (χ1) is 6.50. The van der Waals surface area contributed by atoms with E-state index in [9.17, 15) is 14.9 Å². The molecule has 1 aromatic rings. The second-order valence-electron chi connectivity index (χ2n) is 2.82. The lowest BCUT2D eigenvalue weighted by Crippen LogP contribution is -1.89. The molecule has 0 amide bonds. The van der Waals surface area contributed by atoms with Crippen LogP contribution in [0.25, 0.3) is 6.08 Å². The number of carbonyl (C=O) groups excluding carboxylic acids is 1. The summed E-state index contributed by atoms with van der Waals surface area (Å²) in [7, 11) is 0. The Labute approximate surface area is 85.0 Å². The molecule has 0 aliphatic carbocycles. The molecule has 74 valence electrons. The molecule has 0 aliphatic rings. The Balaban J connectivity index is 2.93. The van der Waals surface area contributed by atoms with Gasteiger partial charge < -0.3 is 0 Å². The van der Waals surface area contributed by atoms with Crippen molar-refractivity contribution in [2.75, 3.05) is 0 Å². The van der Waals surface area contributed by atoms with E-state index < -0.39 is 4.92 Å². The summed E-state index contributed by atoms with van der Waals surface area (Å²) in [6.45, 7) is 3.15. The molecule has 0 atom stereocenters. The Hall–Kier alpha value is -1.49. The molecule has 0 saturated carbocycles. The highest BCUT2D eigenvalue weighted by Gasteiger charge is 2.08. The van der Waals surface area contributed by atoms with E-state index in [2.05, 4.69) is 0 Å². The predicted octanol–water partition coefficient (Wildman–Crippen LogP) is 2.65. The number of Topliss-reactive ketones (excluding diaryl/α,β-unsaturated/α-hetero) is 1. The molecule has 1 aromatic heterocycles. The van der Waals surface area contributed by atoms with E-state index >= 15 is 0 Å². The Morgan fingerprint density at radius 3 is 2.57 bits per heavy atom. The second-order valence-corrected chi connectivity index (χ2v) is 3.91. The topological polar surface area (TPSA) is 60.2 Å². The van der Waals surface area contributed by atoms with Crippen LogP contribution < -0.4 is 0 Å². The molecule has 0 aliphatic heterocycles. The van der Waals surface area contributed by atoms with Gasteiger partial charge in [-0.1, -0.05) is 11.3 Å². The first-order valence-electron chi connectivity index (χ1n) is 3.94. The maximum Gasteiger partial charge on any atom is 0.324 e. The fourth-order valence-electron chi connectivity index (χ4n) is 0.833. The normalized spacial score (nSPS) is 11.4. The second kappa shape index (κ2) is 4.15. The summed E-state index contributed by atoms with van der Waals surface area (Å²) in [5, 5.41) is 10.5. The Morgan fingerprint density at radius 2 is 2.14 bits per heavy atom. The van der Waals surface area contributed by atoms with Crippen molar-refractivity contribution in [3.05, 3.63) is 32.7 Å². The van der Waals surface area contributed by atoms with Crippen molar-refractivity contribution in [3.63, 3.8) is 0 Å². The molecule has 0 saturated heterocycles. The molecule has 0 bridgehead atoms. The molecule has 5 heteroatoms. The van der Waals surface area contributed by atoms with E-state index in [-0.39, 0.29) is 10.8 Å². The molecule has 0 spiro atoms. The largest absolute Gasteiger partial charge is 0.324 e. The van der Waals surface area contributed by atoms with Crippen LogP contribution in [-0.2, 0) is 4.79 Å². The molecule has 0 unspecified atom stereocenters. The number of allylic oxidation sites excluding steroid dienone is 1. The Morgan fingerprint density at radius 1 is 1.50 bits per heavy atom. The molecule has 4 nitrogen and oxygen atoms in total. The summed E-state index contributed by atoms with van der Waals surface area (Å²) >= 11 is 1.06. The lowest BCUT2D eigenvalue weighted by molar-refractivity contribution is -0.380. The zero-order valence-electron chi connectivity index (χ0n) is 7.81. The van der Waals surface area contributed by atoms with Gasteiger partial charge in [-0.3, -0.25) is 14.9 Å². The van der Waals surface area contributed by atoms with Gasteiger partial charge in [0, 0.05) is 10.9 Å². The fourth-order valence-corrected chi connectivity index (χ4v) is 1.66. The molecule has 1 heterocycles. The number of nitro groups is 1. The molecule has 0 N–H and O–H groups in total. The van der Waals surface area contributed by atoms with E-state index in [0.29, 0.717) is 5.57 Å². The van der Waals surface area contributed by atoms with Crippen molar-refractivity contribution < 1.29 is 9.72 Å². The summed E-state index contributed by atoms with van der Waals surface area (Å²) in [6, 6.07) is 3.07. The standard InChI is InChI=1S/C9H9NO3S/c1-6(7(2)11)5-8-3-4-9(14-8)10(12)13/h3-5H,1-2H3/b6-5-. The van der Waals surface area contributed by atoms with Crippen molar-refractivity contribution in [2.24, 2.45) is 0 Å². The van der Waals surface area contributed by atoms with Crippen molar-refractivity contribution in [1.29, 1.82) is 0 Å². The Kier molecular flexibility index (Phi) is 3.14. The third-order valence-electron chi connectivity index (χ3n) is 1.71. The van der Waals surface area contributed by atoms with Crippen LogP contribution in [0.1, 0.15) is 18.7 Å². The molecule has 0 fully saturated rings. The number of rotatable bonds is 3. The van der Waals surface area contributed by atoms with E-state index in [1.54, 1.807) is 19.1 Å². The summed E-state index contributed by atoms with van der Waals surface area (Å²) in [4.78, 5) is 21.5. The summed E-state index contributed by atoms with van der Waals surface area (Å²) in [5.74, 6) is -0.0268. The van der Waals surface area contributed by atoms with Crippen molar-refractivity contribution in [1.82, 2.24) is 0 Å². The minimum atomic E-state index is -0.439. The number of hydrogen-bond donors (Lipinski definition) is 0. The zero-order chi connectivity index (χ0) is 10.7. The first-order valence-corrected chi connectivity index (χ1v) is 4.76. The van der Waals surface area contributed by atoms with E-state index in [0.717, 1.165) is 16.2 Å². The first kappa shape index (κ1) is 10.6. The maximum absolute atomic E-state index is 10.9. The number of hydrogen-bond acceptors (Lipinski definition) is 4. The van der Waals surface area contributed by atoms with Crippen molar-refractivity contribution in [2.45, 2.75) is 13.8 Å². The van der Waals surface area contributed by atoms with Gasteiger partial charge in [0.15, 0.2) is 5.78 Å². The third kappa shape index (κ3) is 2.50. The molecular formula is C9H9NO3S. The molecule has 0 radical (unpaired) electrons. The lowest BCUT2D eigenvalue weighted by atomic mass is 10.2. The van der Waals surface area contributed by atoms with Crippen LogP contribution >= 0.6 is 11.3 Å². The van der Waals surface area contributed by atoms with Crippen LogP contribution in [0.3, 0.4) is 0 Å². The molecule has 0 aromatic carbocycles. The average molecular weight is 211 g/mol. The van der Waals surface area contributed by atoms with Gasteiger partial charge in [0.05, 0.1) is 4.92 Å². The monoisotopic (exact) mass is 211 g/mol. The SMILES string of the molecule is CC(=O)/C(C)=C\c1ccc([N+](=O)[O-])s1. The minimum absolute atomic E-state index is 0.0268. The third-order valence-corrected chi connectivity index (χ3v) is 2.69. The van der Waals surface area contributed by atoms with Crippen LogP contribution in [0.5, 0.6) is 0 Å². The maximum atomic E-state index is 10.9. The summed E-state index contributed by atoms with van der Waals surface area (Å²) in [6.07, 6.45) is 1.65. The van der Waals surface area contributed by atoms with Gasteiger partial charge in [-0.15, -0.1) is 0 Å². The van der Waals surface area contributed by atoms with Gasteiger partial charge in [-0.05, 0) is 31.6 Å². The van der Waals surface area contributed by atoms with Gasteiger partial charge in [-0.25, -0.2) is 0 Å². The van der Waals surface area contributed by atoms with Gasteiger partial charge in [-0.2, -0.15) is 0 Å². The van der Waals surface area contributed by atoms with Gasteiger partial charge in [0.25, 0.3) is 0 Å². The highest BCUT2D eigenvalue weighted by atomic mass is 32.1. The average Bonchev–Trinajstić information content (AvgIpc) is 2.52. The number of ketones is 1. The Bertz CT molecular complexity index is 406. The predicted molar refractivity (Wildman–Crippen MR) is 55.3 cm³/mol. The van der Waals surface area contributed by atoms with Crippen molar-refractivity contribution >= 4 is 28.2 Å². The van der Waals surface area contributed by atoms with E-state index in [4.69, 9.17) is 0 Å². The smallest absolute Gasteiger partial charge is 0.295 e. The number of carbonyl (C=O) groups is 1. The van der Waals surface area contributed by atoms with Crippen LogP contribution in [0.15, 0.2) is 17.7 Å². The molecular weight excluding hydrogens is 202 g/mol. The molecule has 1 rings (SSSR count). The zero-order valence-corrected chi connectivity index (χ0v) is 8.63. The van der Waals surface area contributed by atoms with Crippen LogP contribution in [0, 0.1) is 10.1 Å². The highest BCUT2D eigenvalue weighted by molar-refractivity contribution is 7.16. The van der Waals surface area contributed by atoms with Gasteiger partial charge in [0.2, 0.25) is 0 Å². The van der Waals surface area contributed by atoms with Gasteiger partial charge >= 0.3 is 5.00 Å². The number of nitrogens with zero attached hydrogens (tertiary/aromatic N) is 1.